The summed E-state index contributed by atoms with van der Waals surface area (Å²) in [7, 11) is 0. The highest BCUT2D eigenvalue weighted by atomic mass is 16.6. The summed E-state index contributed by atoms with van der Waals surface area (Å²) in [5.74, 6) is -1.76. The lowest BCUT2D eigenvalue weighted by Crippen LogP contribution is -2.50. The van der Waals surface area contributed by atoms with Crippen molar-refractivity contribution in [3.63, 3.8) is 0 Å². The van der Waals surface area contributed by atoms with Crippen molar-refractivity contribution in [1.29, 1.82) is 0 Å². The van der Waals surface area contributed by atoms with Crippen LogP contribution in [0.1, 0.15) is 58.3 Å². The van der Waals surface area contributed by atoms with Crippen molar-refractivity contribution >= 4 is 23.9 Å². The molecule has 2 saturated heterocycles. The Morgan fingerprint density at radius 3 is 2.62 bits per heavy atom. The summed E-state index contributed by atoms with van der Waals surface area (Å²) in [5.41, 5.74) is 2.76. The first-order valence-corrected chi connectivity index (χ1v) is 12.4. The average molecular weight is 508 g/mol. The lowest BCUT2D eigenvalue weighted by Gasteiger charge is -2.39. The first-order valence-electron chi connectivity index (χ1n) is 12.4. The van der Waals surface area contributed by atoms with Gasteiger partial charge in [0.2, 0.25) is 11.8 Å². The zero-order chi connectivity index (χ0) is 26.0. The minimum Gasteiger partial charge on any atom is -0.478 e. The van der Waals surface area contributed by atoms with Crippen LogP contribution in [-0.2, 0) is 44.4 Å². The molecule has 0 bridgehead atoms. The molecule has 10 nitrogen and oxygen atoms in total. The van der Waals surface area contributed by atoms with Crippen LogP contribution in [0.15, 0.2) is 42.5 Å². The molecule has 2 fully saturated rings. The van der Waals surface area contributed by atoms with E-state index in [4.69, 9.17) is 9.47 Å². The molecular formula is C27H29N3O7. The van der Waals surface area contributed by atoms with E-state index in [2.05, 4.69) is 10.6 Å². The largest absolute Gasteiger partial charge is 0.478 e. The summed E-state index contributed by atoms with van der Waals surface area (Å²) in [4.78, 5) is 49.8. The fourth-order valence-corrected chi connectivity index (χ4v) is 5.27. The van der Waals surface area contributed by atoms with Crippen molar-refractivity contribution in [2.45, 2.75) is 57.1 Å². The van der Waals surface area contributed by atoms with Gasteiger partial charge in [-0.1, -0.05) is 36.4 Å². The van der Waals surface area contributed by atoms with Crippen LogP contribution in [0.25, 0.3) is 0 Å². The van der Waals surface area contributed by atoms with Crippen molar-refractivity contribution < 1.29 is 33.8 Å². The zero-order valence-electron chi connectivity index (χ0n) is 20.3. The standard InChI is InChI=1S/C27H29N3O7/c31-23-7-6-22(24(32)29-23)28-14-18-13-21-19(12-20(18)25(33)34)16-37-27(21)8-10-30(11-9-27)26(35)36-15-17-4-2-1-3-5-17/h1-5,12-13,22,28H,6-11,14-16H2,(H,33,34)(H,29,31,32). The van der Waals surface area contributed by atoms with Gasteiger partial charge < -0.3 is 24.8 Å². The molecule has 3 heterocycles. The number of aromatic carboxylic acids is 1. The minimum absolute atomic E-state index is 0.154. The van der Waals surface area contributed by atoms with E-state index in [1.807, 2.05) is 36.4 Å². The third-order valence-corrected chi connectivity index (χ3v) is 7.37. The van der Waals surface area contributed by atoms with Crippen LogP contribution < -0.4 is 10.6 Å². The molecule has 2 aromatic rings. The number of amides is 3. The van der Waals surface area contributed by atoms with E-state index in [1.165, 1.54) is 0 Å². The van der Waals surface area contributed by atoms with E-state index in [0.29, 0.717) is 44.5 Å². The van der Waals surface area contributed by atoms with Crippen LogP contribution in [0.2, 0.25) is 0 Å². The van der Waals surface area contributed by atoms with Gasteiger partial charge in [-0.05, 0) is 47.6 Å². The highest BCUT2D eigenvalue weighted by Gasteiger charge is 2.44. The monoisotopic (exact) mass is 507 g/mol. The summed E-state index contributed by atoms with van der Waals surface area (Å²) in [5, 5.41) is 15.2. The number of hydrogen-bond donors (Lipinski definition) is 3. The van der Waals surface area contributed by atoms with E-state index >= 15 is 0 Å². The van der Waals surface area contributed by atoms with Crippen LogP contribution in [-0.4, -0.2) is 53.0 Å². The molecule has 194 valence electrons. The van der Waals surface area contributed by atoms with Gasteiger partial charge in [0, 0.05) is 26.1 Å². The van der Waals surface area contributed by atoms with E-state index in [0.717, 1.165) is 16.7 Å². The Morgan fingerprint density at radius 2 is 1.92 bits per heavy atom. The molecule has 10 heteroatoms. The Hall–Kier alpha value is -3.76. The number of hydrogen-bond acceptors (Lipinski definition) is 7. The SMILES string of the molecule is O=C1CCC(NCc2cc3c(cc2C(=O)O)COC32CCN(C(=O)OCc3ccccc3)CC2)C(=O)N1. The quantitative estimate of drug-likeness (QED) is 0.508. The van der Waals surface area contributed by atoms with Gasteiger partial charge in [-0.3, -0.25) is 14.9 Å². The fraction of sp³-hybridized carbons (Fsp3) is 0.407. The molecule has 37 heavy (non-hydrogen) atoms. The van der Waals surface area contributed by atoms with Crippen molar-refractivity contribution in [2.75, 3.05) is 13.1 Å². The number of imide groups is 1. The second-order valence-electron chi connectivity index (χ2n) is 9.67. The number of benzene rings is 2. The second-order valence-corrected chi connectivity index (χ2v) is 9.67. The number of piperidine rings is 2. The van der Waals surface area contributed by atoms with Gasteiger partial charge in [0.15, 0.2) is 0 Å². The van der Waals surface area contributed by atoms with Crippen LogP contribution in [0.3, 0.4) is 0 Å². The number of rotatable bonds is 6. The maximum Gasteiger partial charge on any atom is 0.410 e. The predicted octanol–water partition coefficient (Wildman–Crippen LogP) is 2.44. The highest BCUT2D eigenvalue weighted by molar-refractivity contribution is 6.00. The lowest BCUT2D eigenvalue weighted by atomic mass is 9.82. The van der Waals surface area contributed by atoms with Crippen molar-refractivity contribution in [3.8, 4) is 0 Å². The van der Waals surface area contributed by atoms with E-state index in [9.17, 15) is 24.3 Å². The molecule has 1 unspecified atom stereocenters. The predicted molar refractivity (Wildman–Crippen MR) is 130 cm³/mol. The number of carbonyl (C=O) groups excluding carboxylic acids is 3. The molecule has 0 aliphatic carbocycles. The van der Waals surface area contributed by atoms with Crippen LogP contribution in [0.4, 0.5) is 4.79 Å². The van der Waals surface area contributed by atoms with Crippen LogP contribution in [0, 0.1) is 0 Å². The first-order chi connectivity index (χ1) is 17.8. The third kappa shape index (κ3) is 5.21. The van der Waals surface area contributed by atoms with Gasteiger partial charge in [-0.15, -0.1) is 0 Å². The van der Waals surface area contributed by atoms with Crippen LogP contribution >= 0.6 is 0 Å². The van der Waals surface area contributed by atoms with E-state index < -0.39 is 23.5 Å². The Bertz CT molecular complexity index is 1220. The van der Waals surface area contributed by atoms with Gasteiger partial charge in [0.25, 0.3) is 0 Å². The summed E-state index contributed by atoms with van der Waals surface area (Å²) >= 11 is 0. The van der Waals surface area contributed by atoms with Gasteiger partial charge in [-0.2, -0.15) is 0 Å². The number of carboxylic acids is 1. The Labute approximate surface area is 213 Å². The lowest BCUT2D eigenvalue weighted by molar-refractivity contribution is -0.134. The molecule has 0 saturated carbocycles. The zero-order valence-corrected chi connectivity index (χ0v) is 20.3. The maximum absolute atomic E-state index is 12.6. The molecule has 1 spiro atoms. The molecule has 1 atom stereocenters. The molecule has 0 aromatic heterocycles. The number of carbonyl (C=O) groups is 4. The van der Waals surface area contributed by atoms with Crippen molar-refractivity contribution in [3.05, 3.63) is 70.3 Å². The van der Waals surface area contributed by atoms with Gasteiger partial charge in [-0.25, -0.2) is 9.59 Å². The molecule has 3 aliphatic rings. The minimum atomic E-state index is -1.06. The number of carboxylic acid groups (broad SMARTS) is 1. The summed E-state index contributed by atoms with van der Waals surface area (Å²) < 4.78 is 11.7. The van der Waals surface area contributed by atoms with Gasteiger partial charge in [0.05, 0.1) is 23.8 Å². The van der Waals surface area contributed by atoms with Crippen LogP contribution in [0.5, 0.6) is 0 Å². The normalized spacial score (nSPS) is 20.4. The second kappa shape index (κ2) is 10.3. The Morgan fingerprint density at radius 1 is 1.16 bits per heavy atom. The van der Waals surface area contributed by atoms with E-state index in [1.54, 1.807) is 11.0 Å². The topological polar surface area (TPSA) is 134 Å². The smallest absolute Gasteiger partial charge is 0.410 e. The summed E-state index contributed by atoms with van der Waals surface area (Å²) in [6.07, 6.45) is 1.36. The maximum atomic E-state index is 12.6. The average Bonchev–Trinajstić information content (AvgIpc) is 3.24. The molecule has 5 rings (SSSR count). The molecule has 3 N–H and O–H groups in total. The molecular weight excluding hydrogens is 478 g/mol. The number of ether oxygens (including phenoxy) is 2. The number of likely N-dealkylation sites (tertiary alicyclic amines) is 1. The Kier molecular flexibility index (Phi) is 6.94. The summed E-state index contributed by atoms with van der Waals surface area (Å²) in [6, 6.07) is 12.4. The number of nitrogens with one attached hydrogen (secondary N) is 2. The van der Waals surface area contributed by atoms with Crippen molar-refractivity contribution in [1.82, 2.24) is 15.5 Å². The highest BCUT2D eigenvalue weighted by Crippen LogP contribution is 2.45. The van der Waals surface area contributed by atoms with Crippen molar-refractivity contribution in [2.24, 2.45) is 0 Å². The number of fused-ring (bicyclic) bond motifs is 2. The molecule has 2 aromatic carbocycles. The first kappa shape index (κ1) is 24.9. The molecule has 3 aliphatic heterocycles. The van der Waals surface area contributed by atoms with Gasteiger partial charge >= 0.3 is 12.1 Å². The molecule has 0 radical (unpaired) electrons. The number of nitrogens with zero attached hydrogens (tertiary/aromatic N) is 1. The third-order valence-electron chi connectivity index (χ3n) is 7.37. The Balaban J connectivity index is 1.27. The summed E-state index contributed by atoms with van der Waals surface area (Å²) in [6.45, 7) is 1.58. The van der Waals surface area contributed by atoms with E-state index in [-0.39, 0.29) is 37.1 Å². The molecule has 3 amide bonds. The van der Waals surface area contributed by atoms with Gasteiger partial charge in [0.1, 0.15) is 6.61 Å². The fourth-order valence-electron chi connectivity index (χ4n) is 5.27.